The molecule has 1 unspecified atom stereocenters. The van der Waals surface area contributed by atoms with E-state index in [1.165, 1.54) is 0 Å². The van der Waals surface area contributed by atoms with Crippen LogP contribution in [0.3, 0.4) is 0 Å². The van der Waals surface area contributed by atoms with Crippen molar-refractivity contribution in [2.75, 3.05) is 26.3 Å². The van der Waals surface area contributed by atoms with Gasteiger partial charge in [-0.3, -0.25) is 4.79 Å². The minimum absolute atomic E-state index is 0.0564. The van der Waals surface area contributed by atoms with Gasteiger partial charge < -0.3 is 14.8 Å². The summed E-state index contributed by atoms with van der Waals surface area (Å²) in [5.74, 6) is -0.0564. The van der Waals surface area contributed by atoms with Gasteiger partial charge in [0, 0.05) is 6.54 Å². The van der Waals surface area contributed by atoms with Crippen molar-refractivity contribution in [3.63, 3.8) is 0 Å². The van der Waals surface area contributed by atoms with Crippen molar-refractivity contribution in [2.24, 2.45) is 5.41 Å². The zero-order valence-corrected chi connectivity index (χ0v) is 12.9. The summed E-state index contributed by atoms with van der Waals surface area (Å²) in [6, 6.07) is 0. The molecule has 1 heterocycles. The van der Waals surface area contributed by atoms with E-state index < -0.39 is 0 Å². The molecule has 112 valence electrons. The molecule has 1 saturated heterocycles. The highest BCUT2D eigenvalue weighted by atomic mass is 16.6. The van der Waals surface area contributed by atoms with Crippen LogP contribution in [0.1, 0.15) is 53.4 Å². The summed E-state index contributed by atoms with van der Waals surface area (Å²) in [5.41, 5.74) is -0.491. The van der Waals surface area contributed by atoms with Gasteiger partial charge >= 0.3 is 5.97 Å². The second kappa shape index (κ2) is 7.25. The van der Waals surface area contributed by atoms with Gasteiger partial charge in [-0.2, -0.15) is 0 Å². The lowest BCUT2D eigenvalue weighted by Gasteiger charge is -2.35. The van der Waals surface area contributed by atoms with Crippen LogP contribution in [0, 0.1) is 5.41 Å². The van der Waals surface area contributed by atoms with Crippen molar-refractivity contribution < 1.29 is 14.3 Å². The van der Waals surface area contributed by atoms with Crippen LogP contribution in [0.4, 0.5) is 0 Å². The SMILES string of the molecule is CCCC1(C(=O)OCCOC(C)(C)C)CCCNC1. The summed E-state index contributed by atoms with van der Waals surface area (Å²) in [4.78, 5) is 12.3. The third-order valence-corrected chi connectivity index (χ3v) is 3.49. The standard InChI is InChI=1S/C15H29NO3/c1-5-7-15(8-6-9-16-12-15)13(17)18-10-11-19-14(2,3)4/h16H,5-12H2,1-4H3. The maximum absolute atomic E-state index is 12.3. The summed E-state index contributed by atoms with van der Waals surface area (Å²) in [5, 5.41) is 3.32. The summed E-state index contributed by atoms with van der Waals surface area (Å²) in [6.45, 7) is 10.7. The molecule has 0 radical (unpaired) electrons. The van der Waals surface area contributed by atoms with Gasteiger partial charge in [0.25, 0.3) is 0 Å². The van der Waals surface area contributed by atoms with E-state index in [0.29, 0.717) is 13.2 Å². The minimum atomic E-state index is -0.311. The van der Waals surface area contributed by atoms with Crippen molar-refractivity contribution in [2.45, 2.75) is 59.0 Å². The molecule has 1 atom stereocenters. The van der Waals surface area contributed by atoms with Gasteiger partial charge in [-0.25, -0.2) is 0 Å². The van der Waals surface area contributed by atoms with Gasteiger partial charge in [-0.1, -0.05) is 13.3 Å². The van der Waals surface area contributed by atoms with Gasteiger partial charge in [0.2, 0.25) is 0 Å². The van der Waals surface area contributed by atoms with Crippen molar-refractivity contribution in [1.82, 2.24) is 5.32 Å². The van der Waals surface area contributed by atoms with Crippen LogP contribution in [-0.4, -0.2) is 37.9 Å². The summed E-state index contributed by atoms with van der Waals surface area (Å²) >= 11 is 0. The number of nitrogens with one attached hydrogen (secondary N) is 1. The van der Waals surface area contributed by atoms with E-state index in [-0.39, 0.29) is 17.0 Å². The van der Waals surface area contributed by atoms with Crippen LogP contribution in [0.25, 0.3) is 0 Å². The first-order chi connectivity index (χ1) is 8.90. The predicted octanol–water partition coefficient (Wildman–Crippen LogP) is 2.51. The molecule has 1 N–H and O–H groups in total. The highest BCUT2D eigenvalue weighted by Gasteiger charge is 2.40. The maximum atomic E-state index is 12.3. The first-order valence-electron chi connectivity index (χ1n) is 7.41. The molecule has 0 aromatic carbocycles. The lowest BCUT2D eigenvalue weighted by atomic mass is 9.77. The maximum Gasteiger partial charge on any atom is 0.313 e. The largest absolute Gasteiger partial charge is 0.463 e. The first-order valence-corrected chi connectivity index (χ1v) is 7.41. The molecule has 4 nitrogen and oxygen atoms in total. The predicted molar refractivity (Wildman–Crippen MR) is 76.1 cm³/mol. The zero-order valence-electron chi connectivity index (χ0n) is 12.9. The number of piperidine rings is 1. The van der Waals surface area contributed by atoms with Gasteiger partial charge in [-0.15, -0.1) is 0 Å². The molecule has 4 heteroatoms. The molecular formula is C15H29NO3. The molecule has 0 amide bonds. The van der Waals surface area contributed by atoms with Crippen LogP contribution >= 0.6 is 0 Å². The molecule has 0 aliphatic carbocycles. The second-order valence-corrected chi connectivity index (χ2v) is 6.41. The Morgan fingerprint density at radius 2 is 2.05 bits per heavy atom. The van der Waals surface area contributed by atoms with E-state index in [9.17, 15) is 4.79 Å². The van der Waals surface area contributed by atoms with Crippen LogP contribution in [0.2, 0.25) is 0 Å². The Labute approximate surface area is 117 Å². The topological polar surface area (TPSA) is 47.6 Å². The van der Waals surface area contributed by atoms with E-state index in [1.807, 2.05) is 20.8 Å². The van der Waals surface area contributed by atoms with E-state index >= 15 is 0 Å². The third-order valence-electron chi connectivity index (χ3n) is 3.49. The molecule has 1 rings (SSSR count). The molecule has 1 fully saturated rings. The Balaban J connectivity index is 2.40. The number of ether oxygens (including phenoxy) is 2. The van der Waals surface area contributed by atoms with Gasteiger partial charge in [0.1, 0.15) is 6.61 Å². The Kier molecular flexibility index (Phi) is 6.27. The summed E-state index contributed by atoms with van der Waals surface area (Å²) < 4.78 is 11.0. The third kappa shape index (κ3) is 5.49. The van der Waals surface area contributed by atoms with Gasteiger partial charge in [0.15, 0.2) is 0 Å². The van der Waals surface area contributed by atoms with Crippen LogP contribution in [0.5, 0.6) is 0 Å². The fourth-order valence-electron chi connectivity index (χ4n) is 2.57. The van der Waals surface area contributed by atoms with Crippen molar-refractivity contribution in [1.29, 1.82) is 0 Å². The molecular weight excluding hydrogens is 242 g/mol. The number of carbonyl (C=O) groups is 1. The summed E-state index contributed by atoms with van der Waals surface area (Å²) in [6.07, 6.45) is 3.90. The zero-order chi connectivity index (χ0) is 14.4. The van der Waals surface area contributed by atoms with Gasteiger partial charge in [0.05, 0.1) is 17.6 Å². The fourth-order valence-corrected chi connectivity index (χ4v) is 2.57. The highest BCUT2D eigenvalue weighted by Crippen LogP contribution is 2.33. The summed E-state index contributed by atoms with van der Waals surface area (Å²) in [7, 11) is 0. The molecule has 0 aromatic rings. The van der Waals surface area contributed by atoms with Gasteiger partial charge in [-0.05, 0) is 46.6 Å². The molecule has 0 aromatic heterocycles. The minimum Gasteiger partial charge on any atom is -0.463 e. The Morgan fingerprint density at radius 3 is 2.58 bits per heavy atom. The highest BCUT2D eigenvalue weighted by molar-refractivity contribution is 5.77. The molecule has 0 saturated carbocycles. The second-order valence-electron chi connectivity index (χ2n) is 6.41. The average molecular weight is 271 g/mol. The molecule has 1 aliphatic heterocycles. The van der Waals surface area contributed by atoms with E-state index in [4.69, 9.17) is 9.47 Å². The molecule has 1 aliphatic rings. The van der Waals surface area contributed by atoms with Crippen molar-refractivity contribution in [3.8, 4) is 0 Å². The van der Waals surface area contributed by atoms with E-state index in [2.05, 4.69) is 12.2 Å². The van der Waals surface area contributed by atoms with Crippen LogP contribution in [0.15, 0.2) is 0 Å². The van der Waals surface area contributed by atoms with Crippen LogP contribution < -0.4 is 5.32 Å². The quantitative estimate of drug-likeness (QED) is 0.595. The smallest absolute Gasteiger partial charge is 0.313 e. The number of esters is 1. The van der Waals surface area contributed by atoms with E-state index in [1.54, 1.807) is 0 Å². The normalized spacial score (nSPS) is 24.2. The lowest BCUT2D eigenvalue weighted by molar-refractivity contribution is -0.160. The fraction of sp³-hybridized carbons (Fsp3) is 0.933. The van der Waals surface area contributed by atoms with Crippen LogP contribution in [-0.2, 0) is 14.3 Å². The number of rotatable bonds is 6. The van der Waals surface area contributed by atoms with E-state index in [0.717, 1.165) is 38.8 Å². The van der Waals surface area contributed by atoms with Crippen molar-refractivity contribution in [3.05, 3.63) is 0 Å². The average Bonchev–Trinajstić information content (AvgIpc) is 2.34. The lowest BCUT2D eigenvalue weighted by Crippen LogP contribution is -2.46. The molecule has 0 bridgehead atoms. The number of hydrogen-bond donors (Lipinski definition) is 1. The number of carbonyl (C=O) groups excluding carboxylic acids is 1. The van der Waals surface area contributed by atoms with Crippen molar-refractivity contribution >= 4 is 5.97 Å². The Hall–Kier alpha value is -0.610. The Bertz CT molecular complexity index is 272. The Morgan fingerprint density at radius 1 is 1.32 bits per heavy atom. The molecule has 19 heavy (non-hydrogen) atoms. The first kappa shape index (κ1) is 16.4. The monoisotopic (exact) mass is 271 g/mol. The number of hydrogen-bond acceptors (Lipinski definition) is 4. The molecule has 0 spiro atoms.